The summed E-state index contributed by atoms with van der Waals surface area (Å²) in [7, 11) is 0. The molecule has 0 bridgehead atoms. The quantitative estimate of drug-likeness (QED) is 0.872. The lowest BCUT2D eigenvalue weighted by Crippen LogP contribution is -2.19. The first-order valence-electron chi connectivity index (χ1n) is 6.59. The van der Waals surface area contributed by atoms with Crippen LogP contribution in [0.15, 0.2) is 41.1 Å². The highest BCUT2D eigenvalue weighted by Crippen LogP contribution is 2.27. The summed E-state index contributed by atoms with van der Waals surface area (Å²) in [4.78, 5) is 8.44. The Balaban J connectivity index is 1.93. The second-order valence-electron chi connectivity index (χ2n) is 4.93. The molecule has 1 N–H and O–H groups in total. The van der Waals surface area contributed by atoms with E-state index in [4.69, 9.17) is 4.74 Å². The molecule has 0 amide bonds. The van der Waals surface area contributed by atoms with Crippen LogP contribution in [-0.4, -0.2) is 16.5 Å². The second kappa shape index (κ2) is 7.36. The minimum absolute atomic E-state index is 0.351. The van der Waals surface area contributed by atoms with Gasteiger partial charge in [0.05, 0.1) is 4.47 Å². The lowest BCUT2D eigenvalue weighted by atomic mass is 10.2. The van der Waals surface area contributed by atoms with Crippen molar-refractivity contribution in [2.24, 2.45) is 5.92 Å². The summed E-state index contributed by atoms with van der Waals surface area (Å²) in [6.07, 6.45) is 3.57. The van der Waals surface area contributed by atoms with E-state index in [-0.39, 0.29) is 0 Å². The highest BCUT2D eigenvalue weighted by Gasteiger charge is 2.04. The molecule has 4 nitrogen and oxygen atoms in total. The fourth-order valence-corrected chi connectivity index (χ4v) is 1.98. The number of nitrogens with one attached hydrogen (secondary N) is 1. The second-order valence-corrected chi connectivity index (χ2v) is 5.79. The molecule has 1 heterocycles. The third-order valence-corrected chi connectivity index (χ3v) is 3.26. The third-order valence-electron chi connectivity index (χ3n) is 2.60. The Bertz CT molecular complexity index is 543. The van der Waals surface area contributed by atoms with Crippen LogP contribution in [0.4, 0.5) is 0 Å². The number of halogens is 1. The van der Waals surface area contributed by atoms with Crippen LogP contribution in [0.5, 0.6) is 11.8 Å². The monoisotopic (exact) mass is 335 g/mol. The molecular formula is C15H18BrN3O. The predicted octanol–water partition coefficient (Wildman–Crippen LogP) is 3.78. The van der Waals surface area contributed by atoms with Gasteiger partial charge in [-0.15, -0.1) is 0 Å². The normalized spacial score (nSPS) is 10.8. The van der Waals surface area contributed by atoms with Crippen molar-refractivity contribution in [2.45, 2.75) is 20.4 Å². The highest BCUT2D eigenvalue weighted by molar-refractivity contribution is 9.10. The van der Waals surface area contributed by atoms with Gasteiger partial charge >= 0.3 is 6.01 Å². The molecule has 0 aliphatic carbocycles. The summed E-state index contributed by atoms with van der Waals surface area (Å²) >= 11 is 3.43. The summed E-state index contributed by atoms with van der Waals surface area (Å²) in [6.45, 7) is 6.11. The van der Waals surface area contributed by atoms with Crippen LogP contribution >= 0.6 is 15.9 Å². The van der Waals surface area contributed by atoms with Gasteiger partial charge in [0.25, 0.3) is 0 Å². The summed E-state index contributed by atoms with van der Waals surface area (Å²) in [6, 6.07) is 7.97. The van der Waals surface area contributed by atoms with Crippen LogP contribution < -0.4 is 10.1 Å². The predicted molar refractivity (Wildman–Crippen MR) is 82.8 cm³/mol. The van der Waals surface area contributed by atoms with E-state index >= 15 is 0 Å². The maximum absolute atomic E-state index is 5.62. The molecule has 0 saturated heterocycles. The number of aromatic nitrogens is 2. The Morgan fingerprint density at radius 2 is 1.90 bits per heavy atom. The van der Waals surface area contributed by atoms with Crippen molar-refractivity contribution in [3.63, 3.8) is 0 Å². The maximum atomic E-state index is 5.62. The first-order valence-corrected chi connectivity index (χ1v) is 7.38. The van der Waals surface area contributed by atoms with Gasteiger partial charge < -0.3 is 10.1 Å². The van der Waals surface area contributed by atoms with Crippen LogP contribution in [0.2, 0.25) is 0 Å². The number of nitrogens with zero attached hydrogens (tertiary/aromatic N) is 2. The number of ether oxygens (including phenoxy) is 1. The van der Waals surface area contributed by atoms with Gasteiger partial charge in [-0.2, -0.15) is 0 Å². The average molecular weight is 336 g/mol. The molecule has 0 aliphatic heterocycles. The number of hydrogen-bond acceptors (Lipinski definition) is 4. The molecule has 1 aromatic carbocycles. The van der Waals surface area contributed by atoms with Gasteiger partial charge in [0.15, 0.2) is 0 Å². The van der Waals surface area contributed by atoms with Crippen LogP contribution in [-0.2, 0) is 6.54 Å². The molecule has 20 heavy (non-hydrogen) atoms. The molecule has 0 saturated carbocycles. The number of para-hydroxylation sites is 1. The van der Waals surface area contributed by atoms with Crippen molar-refractivity contribution < 1.29 is 4.74 Å². The summed E-state index contributed by atoms with van der Waals surface area (Å²) < 4.78 is 6.50. The van der Waals surface area contributed by atoms with E-state index in [1.165, 1.54) is 0 Å². The Morgan fingerprint density at radius 1 is 1.20 bits per heavy atom. The zero-order valence-electron chi connectivity index (χ0n) is 11.6. The molecule has 1 aromatic heterocycles. The van der Waals surface area contributed by atoms with Crippen LogP contribution in [0.1, 0.15) is 19.4 Å². The first kappa shape index (κ1) is 14.9. The van der Waals surface area contributed by atoms with Crippen LogP contribution in [0.3, 0.4) is 0 Å². The van der Waals surface area contributed by atoms with Gasteiger partial charge in [-0.05, 0) is 40.5 Å². The van der Waals surface area contributed by atoms with E-state index < -0.39 is 0 Å². The van der Waals surface area contributed by atoms with Crippen molar-refractivity contribution in [3.05, 3.63) is 46.7 Å². The summed E-state index contributed by atoms with van der Waals surface area (Å²) in [5.74, 6) is 1.34. The van der Waals surface area contributed by atoms with Gasteiger partial charge in [-0.25, -0.2) is 9.97 Å². The molecule has 0 atom stereocenters. The van der Waals surface area contributed by atoms with Crippen LogP contribution in [0.25, 0.3) is 0 Å². The smallest absolute Gasteiger partial charge is 0.321 e. The van der Waals surface area contributed by atoms with Crippen LogP contribution in [0, 0.1) is 5.92 Å². The molecular weight excluding hydrogens is 318 g/mol. The molecule has 0 aliphatic rings. The Morgan fingerprint density at radius 3 is 2.55 bits per heavy atom. The summed E-state index contributed by atoms with van der Waals surface area (Å²) in [5.41, 5.74) is 1.05. The topological polar surface area (TPSA) is 47.0 Å². The average Bonchev–Trinajstić information content (AvgIpc) is 2.43. The van der Waals surface area contributed by atoms with E-state index in [0.29, 0.717) is 17.7 Å². The van der Waals surface area contributed by atoms with Gasteiger partial charge in [-0.3, -0.25) is 0 Å². The number of rotatable bonds is 6. The molecule has 2 aromatic rings. The third kappa shape index (κ3) is 4.58. The van der Waals surface area contributed by atoms with Crippen molar-refractivity contribution >= 4 is 15.9 Å². The summed E-state index contributed by atoms with van der Waals surface area (Å²) in [5, 5.41) is 3.35. The molecule has 0 fully saturated rings. The van der Waals surface area contributed by atoms with Crippen molar-refractivity contribution in [1.82, 2.24) is 15.3 Å². The van der Waals surface area contributed by atoms with Crippen molar-refractivity contribution in [1.29, 1.82) is 0 Å². The molecule has 2 rings (SSSR count). The molecule has 0 unspecified atom stereocenters. The van der Waals surface area contributed by atoms with E-state index in [9.17, 15) is 0 Å². The first-order chi connectivity index (χ1) is 9.65. The Kier molecular flexibility index (Phi) is 5.49. The molecule has 0 radical (unpaired) electrons. The van der Waals surface area contributed by atoms with Gasteiger partial charge in [0.2, 0.25) is 0 Å². The lowest BCUT2D eigenvalue weighted by molar-refractivity contribution is 0.438. The standard InChI is InChI=1S/C15H18BrN3O/c1-11(2)7-17-8-12-9-18-15(19-10-12)20-14-6-4-3-5-13(14)16/h3-6,9-11,17H,7-8H2,1-2H3. The maximum Gasteiger partial charge on any atom is 0.321 e. The largest absolute Gasteiger partial charge is 0.423 e. The van der Waals surface area contributed by atoms with Gasteiger partial charge in [0.1, 0.15) is 5.75 Å². The van der Waals surface area contributed by atoms with Crippen molar-refractivity contribution in [3.8, 4) is 11.8 Å². The van der Waals surface area contributed by atoms with Crippen molar-refractivity contribution in [2.75, 3.05) is 6.54 Å². The molecule has 106 valence electrons. The van der Waals surface area contributed by atoms with E-state index in [0.717, 1.165) is 23.1 Å². The number of hydrogen-bond donors (Lipinski definition) is 1. The van der Waals surface area contributed by atoms with E-state index in [1.54, 1.807) is 12.4 Å². The molecule has 0 spiro atoms. The zero-order valence-corrected chi connectivity index (χ0v) is 13.2. The number of benzene rings is 1. The lowest BCUT2D eigenvalue weighted by Gasteiger charge is -2.08. The minimum Gasteiger partial charge on any atom is -0.423 e. The SMILES string of the molecule is CC(C)CNCc1cnc(Oc2ccccc2Br)nc1. The fraction of sp³-hybridized carbons (Fsp3) is 0.333. The van der Waals surface area contributed by atoms with Gasteiger partial charge in [0, 0.05) is 24.5 Å². The highest BCUT2D eigenvalue weighted by atomic mass is 79.9. The minimum atomic E-state index is 0.351. The van der Waals surface area contributed by atoms with Gasteiger partial charge in [-0.1, -0.05) is 26.0 Å². The fourth-order valence-electron chi connectivity index (χ4n) is 1.62. The Labute approximate surface area is 127 Å². The van der Waals surface area contributed by atoms with E-state index in [1.807, 2.05) is 24.3 Å². The molecule has 5 heteroatoms. The Hall–Kier alpha value is -1.46. The van der Waals surface area contributed by atoms with E-state index in [2.05, 4.69) is 45.1 Å². The zero-order chi connectivity index (χ0) is 14.4.